The van der Waals surface area contributed by atoms with Crippen molar-refractivity contribution in [3.05, 3.63) is 29.4 Å². The van der Waals surface area contributed by atoms with Crippen LogP contribution in [0.25, 0.3) is 0 Å². The Morgan fingerprint density at radius 3 is 3.06 bits per heavy atom. The van der Waals surface area contributed by atoms with Crippen LogP contribution in [-0.4, -0.2) is 17.1 Å². The van der Waals surface area contributed by atoms with Crippen LogP contribution in [0.5, 0.6) is 0 Å². The van der Waals surface area contributed by atoms with Crippen LogP contribution in [0, 0.1) is 0 Å². The highest BCUT2D eigenvalue weighted by Crippen LogP contribution is 2.30. The van der Waals surface area contributed by atoms with Crippen molar-refractivity contribution < 1.29 is 4.74 Å². The first-order valence-electron chi connectivity index (χ1n) is 4.86. The van der Waals surface area contributed by atoms with Gasteiger partial charge in [-0.3, -0.25) is 0 Å². The Balaban J connectivity index is 2.23. The normalized spacial score (nSPS) is 10.5. The molecule has 2 heterocycles. The number of anilines is 1. The Bertz CT molecular complexity index is 475. The summed E-state index contributed by atoms with van der Waals surface area (Å²) in [4.78, 5) is 8.57. The van der Waals surface area contributed by atoms with Crippen LogP contribution in [0.1, 0.15) is 5.82 Å². The number of ether oxygens (including phenoxy) is 1. The smallest absolute Gasteiger partial charge is 0.157 e. The first kappa shape index (κ1) is 12.3. The molecule has 2 rings (SSSR count). The summed E-state index contributed by atoms with van der Waals surface area (Å²) in [5, 5.41) is 2.88. The third kappa shape index (κ3) is 3.40. The number of nitrogens with zero attached hydrogens (tertiary/aromatic N) is 2. The molecule has 7 heteroatoms. The average Bonchev–Trinajstić information content (AvgIpc) is 2.82. The van der Waals surface area contributed by atoms with Crippen LogP contribution >= 0.6 is 23.1 Å². The number of hydrazine groups is 1. The topological polar surface area (TPSA) is 73.1 Å². The van der Waals surface area contributed by atoms with Crippen molar-refractivity contribution in [3.8, 4) is 0 Å². The Morgan fingerprint density at radius 1 is 1.53 bits per heavy atom. The Kier molecular flexibility index (Phi) is 4.32. The van der Waals surface area contributed by atoms with E-state index in [9.17, 15) is 0 Å². The van der Waals surface area contributed by atoms with E-state index in [1.54, 1.807) is 30.2 Å². The van der Waals surface area contributed by atoms with E-state index in [0.29, 0.717) is 18.2 Å². The average molecular weight is 268 g/mol. The van der Waals surface area contributed by atoms with Crippen molar-refractivity contribution in [2.45, 2.75) is 15.8 Å². The van der Waals surface area contributed by atoms with E-state index >= 15 is 0 Å². The van der Waals surface area contributed by atoms with Crippen molar-refractivity contribution in [2.24, 2.45) is 5.84 Å². The zero-order chi connectivity index (χ0) is 12.1. The number of rotatable bonds is 5. The van der Waals surface area contributed by atoms with E-state index in [1.807, 2.05) is 23.6 Å². The summed E-state index contributed by atoms with van der Waals surface area (Å²) in [7, 11) is 1.61. The van der Waals surface area contributed by atoms with Gasteiger partial charge in [-0.2, -0.15) is 0 Å². The number of hydrogen-bond donors (Lipinski definition) is 2. The molecule has 2 aromatic rings. The molecule has 3 N–H and O–H groups in total. The maximum absolute atomic E-state index is 5.37. The van der Waals surface area contributed by atoms with Gasteiger partial charge in [0.15, 0.2) is 5.82 Å². The minimum absolute atomic E-state index is 0.369. The molecule has 0 aliphatic rings. The number of nitrogens with two attached hydrogens (primary N) is 1. The lowest BCUT2D eigenvalue weighted by atomic mass is 10.5. The molecule has 17 heavy (non-hydrogen) atoms. The fraction of sp³-hybridized carbons (Fsp3) is 0.200. The number of nitrogen functional groups attached to an aromatic ring is 1. The van der Waals surface area contributed by atoms with Gasteiger partial charge in [0.25, 0.3) is 0 Å². The second-order valence-corrected chi connectivity index (χ2v) is 5.39. The van der Waals surface area contributed by atoms with Gasteiger partial charge < -0.3 is 10.2 Å². The number of hydrogen-bond acceptors (Lipinski definition) is 7. The molecule has 0 unspecified atom stereocenters. The zero-order valence-electron chi connectivity index (χ0n) is 9.21. The fourth-order valence-corrected chi connectivity index (χ4v) is 2.96. The van der Waals surface area contributed by atoms with Gasteiger partial charge in [-0.05, 0) is 11.4 Å². The van der Waals surface area contributed by atoms with E-state index in [4.69, 9.17) is 10.6 Å². The zero-order valence-corrected chi connectivity index (χ0v) is 10.8. The number of aromatic nitrogens is 2. The van der Waals surface area contributed by atoms with Crippen molar-refractivity contribution in [1.29, 1.82) is 0 Å². The first-order chi connectivity index (χ1) is 8.31. The summed E-state index contributed by atoms with van der Waals surface area (Å²) < 4.78 is 6.19. The van der Waals surface area contributed by atoms with Gasteiger partial charge >= 0.3 is 0 Å². The lowest BCUT2D eigenvalue weighted by Crippen LogP contribution is -2.11. The largest absolute Gasteiger partial charge is 0.377 e. The standard InChI is InChI=1S/C10H12N4OS2/c1-15-6-8-12-7(14-11)5-9(13-8)17-10-3-2-4-16-10/h2-5H,6,11H2,1H3,(H,12,13,14). The second-order valence-electron chi connectivity index (χ2n) is 3.12. The van der Waals surface area contributed by atoms with Crippen molar-refractivity contribution in [1.82, 2.24) is 9.97 Å². The molecule has 0 aliphatic carbocycles. The summed E-state index contributed by atoms with van der Waals surface area (Å²) in [5.41, 5.74) is 2.53. The third-order valence-corrected chi connectivity index (χ3v) is 3.83. The van der Waals surface area contributed by atoms with Crippen LogP contribution in [-0.2, 0) is 11.3 Å². The van der Waals surface area contributed by atoms with Crippen LogP contribution < -0.4 is 11.3 Å². The van der Waals surface area contributed by atoms with Gasteiger partial charge in [-0.15, -0.1) is 11.3 Å². The Labute approximate surface area is 107 Å². The molecule has 2 aromatic heterocycles. The molecule has 0 bridgehead atoms. The monoisotopic (exact) mass is 268 g/mol. The molecule has 0 fully saturated rings. The SMILES string of the molecule is COCc1nc(NN)cc(Sc2cccs2)n1. The van der Waals surface area contributed by atoms with Gasteiger partial charge in [-0.1, -0.05) is 17.8 Å². The van der Waals surface area contributed by atoms with E-state index in [-0.39, 0.29) is 0 Å². The Hall–Kier alpha value is -1.15. The number of thiophene rings is 1. The molecule has 90 valence electrons. The van der Waals surface area contributed by atoms with Crippen LogP contribution in [0.2, 0.25) is 0 Å². The van der Waals surface area contributed by atoms with Gasteiger partial charge in [0.2, 0.25) is 0 Å². The minimum Gasteiger partial charge on any atom is -0.377 e. The van der Waals surface area contributed by atoms with Gasteiger partial charge in [0.05, 0.1) is 4.21 Å². The number of methoxy groups -OCH3 is 1. The summed E-state index contributed by atoms with van der Waals surface area (Å²) in [6.45, 7) is 0.369. The molecule has 0 amide bonds. The summed E-state index contributed by atoms with van der Waals surface area (Å²) in [6, 6.07) is 5.86. The van der Waals surface area contributed by atoms with Gasteiger partial charge in [0, 0.05) is 13.2 Å². The summed E-state index contributed by atoms with van der Waals surface area (Å²) >= 11 is 3.25. The first-order valence-corrected chi connectivity index (χ1v) is 6.56. The molecular weight excluding hydrogens is 256 g/mol. The Morgan fingerprint density at radius 2 is 2.41 bits per heavy atom. The van der Waals surface area contributed by atoms with Crippen LogP contribution in [0.15, 0.2) is 32.8 Å². The summed E-state index contributed by atoms with van der Waals surface area (Å²) in [6.07, 6.45) is 0. The number of nitrogens with one attached hydrogen (secondary N) is 1. The molecule has 0 atom stereocenters. The predicted molar refractivity (Wildman–Crippen MR) is 69.0 cm³/mol. The molecule has 0 aliphatic heterocycles. The maximum Gasteiger partial charge on any atom is 0.157 e. The molecule has 0 aromatic carbocycles. The summed E-state index contributed by atoms with van der Waals surface area (Å²) in [5.74, 6) is 6.57. The fourth-order valence-electron chi connectivity index (χ4n) is 1.22. The molecule has 0 spiro atoms. The molecular formula is C10H12N4OS2. The second kappa shape index (κ2) is 5.97. The minimum atomic E-state index is 0.369. The lowest BCUT2D eigenvalue weighted by Gasteiger charge is -2.05. The van der Waals surface area contributed by atoms with Crippen LogP contribution in [0.4, 0.5) is 5.82 Å². The van der Waals surface area contributed by atoms with E-state index in [2.05, 4.69) is 15.4 Å². The highest BCUT2D eigenvalue weighted by atomic mass is 32.2. The van der Waals surface area contributed by atoms with Gasteiger partial charge in [-0.25, -0.2) is 15.8 Å². The highest BCUT2D eigenvalue weighted by Gasteiger charge is 2.06. The van der Waals surface area contributed by atoms with Crippen molar-refractivity contribution in [3.63, 3.8) is 0 Å². The lowest BCUT2D eigenvalue weighted by molar-refractivity contribution is 0.177. The highest BCUT2D eigenvalue weighted by molar-refractivity contribution is 8.01. The van der Waals surface area contributed by atoms with Crippen molar-refractivity contribution in [2.75, 3.05) is 12.5 Å². The molecule has 5 nitrogen and oxygen atoms in total. The third-order valence-electron chi connectivity index (χ3n) is 1.87. The van der Waals surface area contributed by atoms with Crippen molar-refractivity contribution >= 4 is 28.9 Å². The predicted octanol–water partition coefficient (Wildman–Crippen LogP) is 2.12. The van der Waals surface area contributed by atoms with E-state index in [1.165, 1.54) is 4.21 Å². The molecule has 0 radical (unpaired) electrons. The van der Waals surface area contributed by atoms with E-state index < -0.39 is 0 Å². The van der Waals surface area contributed by atoms with E-state index in [0.717, 1.165) is 5.03 Å². The van der Waals surface area contributed by atoms with Gasteiger partial charge in [0.1, 0.15) is 17.5 Å². The molecule has 0 saturated heterocycles. The maximum atomic E-state index is 5.37. The van der Waals surface area contributed by atoms with Crippen LogP contribution in [0.3, 0.4) is 0 Å². The quantitative estimate of drug-likeness (QED) is 0.491. The molecule has 0 saturated carbocycles.